The maximum Gasteiger partial charge on any atom is 0.119 e. The summed E-state index contributed by atoms with van der Waals surface area (Å²) in [7, 11) is 0. The maximum absolute atomic E-state index is 5.24. The normalized spacial score (nSPS) is 15.9. The minimum absolute atomic E-state index is 0. The molecule has 1 aliphatic heterocycles. The average molecular weight is 270 g/mol. The van der Waals surface area contributed by atoms with Crippen LogP contribution in [0.3, 0.4) is 0 Å². The highest BCUT2D eigenvalue weighted by Crippen LogP contribution is 2.06. The fourth-order valence-electron chi connectivity index (χ4n) is 1.81. The SMILES string of the molecule is C.CC(C)NC1CCOCC1.CC(C)n1cnnc1. The van der Waals surface area contributed by atoms with Gasteiger partial charge in [0.05, 0.1) is 0 Å². The summed E-state index contributed by atoms with van der Waals surface area (Å²) < 4.78 is 7.19. The Balaban J connectivity index is 0.000000331. The number of hydrogen-bond acceptors (Lipinski definition) is 4. The zero-order valence-corrected chi connectivity index (χ0v) is 12.0. The Kier molecular flexibility index (Phi) is 9.43. The molecule has 1 fully saturated rings. The molecule has 0 radical (unpaired) electrons. The molecular formula is C14H30N4O. The maximum atomic E-state index is 5.24. The summed E-state index contributed by atoms with van der Waals surface area (Å²) in [5, 5.41) is 10.8. The molecule has 112 valence electrons. The van der Waals surface area contributed by atoms with E-state index in [2.05, 4.69) is 43.2 Å². The molecule has 2 heterocycles. The molecule has 19 heavy (non-hydrogen) atoms. The zero-order valence-electron chi connectivity index (χ0n) is 12.0. The van der Waals surface area contributed by atoms with E-state index >= 15 is 0 Å². The van der Waals surface area contributed by atoms with Gasteiger partial charge in [-0.1, -0.05) is 21.3 Å². The van der Waals surface area contributed by atoms with E-state index in [4.69, 9.17) is 4.74 Å². The van der Waals surface area contributed by atoms with Crippen LogP contribution in [0.15, 0.2) is 12.7 Å². The number of hydrogen-bond donors (Lipinski definition) is 1. The Morgan fingerprint density at radius 2 is 1.63 bits per heavy atom. The molecule has 1 N–H and O–H groups in total. The second kappa shape index (κ2) is 9.92. The monoisotopic (exact) mass is 270 g/mol. The largest absolute Gasteiger partial charge is 0.381 e. The van der Waals surface area contributed by atoms with Crippen molar-refractivity contribution in [1.29, 1.82) is 0 Å². The number of aromatic nitrogens is 3. The van der Waals surface area contributed by atoms with E-state index < -0.39 is 0 Å². The molecule has 0 amide bonds. The molecule has 1 aromatic rings. The van der Waals surface area contributed by atoms with Crippen LogP contribution < -0.4 is 5.32 Å². The van der Waals surface area contributed by atoms with Crippen LogP contribution in [0.5, 0.6) is 0 Å². The lowest BCUT2D eigenvalue weighted by Crippen LogP contribution is -2.38. The molecule has 1 aliphatic rings. The predicted molar refractivity (Wildman–Crippen MR) is 79.3 cm³/mol. The highest BCUT2D eigenvalue weighted by Gasteiger charge is 2.13. The lowest BCUT2D eigenvalue weighted by Gasteiger charge is -2.24. The van der Waals surface area contributed by atoms with Crippen molar-refractivity contribution in [3.63, 3.8) is 0 Å². The molecule has 0 spiro atoms. The van der Waals surface area contributed by atoms with E-state index in [0.29, 0.717) is 18.1 Å². The molecule has 5 nitrogen and oxygen atoms in total. The minimum atomic E-state index is 0. The molecule has 0 bridgehead atoms. The Bertz CT molecular complexity index is 292. The molecule has 2 rings (SSSR count). The predicted octanol–water partition coefficient (Wildman–Crippen LogP) is 2.66. The van der Waals surface area contributed by atoms with Gasteiger partial charge < -0.3 is 14.6 Å². The van der Waals surface area contributed by atoms with Gasteiger partial charge in [-0.2, -0.15) is 0 Å². The van der Waals surface area contributed by atoms with Gasteiger partial charge >= 0.3 is 0 Å². The van der Waals surface area contributed by atoms with Crippen LogP contribution >= 0.6 is 0 Å². The van der Waals surface area contributed by atoms with Crippen molar-refractivity contribution in [2.24, 2.45) is 0 Å². The van der Waals surface area contributed by atoms with Crippen molar-refractivity contribution in [2.45, 2.75) is 66.1 Å². The lowest BCUT2D eigenvalue weighted by atomic mass is 10.1. The van der Waals surface area contributed by atoms with Crippen molar-refractivity contribution in [2.75, 3.05) is 13.2 Å². The molecular weight excluding hydrogens is 240 g/mol. The van der Waals surface area contributed by atoms with E-state index in [-0.39, 0.29) is 7.43 Å². The molecule has 0 unspecified atom stereocenters. The van der Waals surface area contributed by atoms with Gasteiger partial charge in [-0.05, 0) is 26.7 Å². The first-order chi connectivity index (χ1) is 8.59. The highest BCUT2D eigenvalue weighted by atomic mass is 16.5. The van der Waals surface area contributed by atoms with Crippen LogP contribution in [-0.2, 0) is 4.74 Å². The summed E-state index contributed by atoms with van der Waals surface area (Å²) in [6.07, 6.45) is 5.78. The second-order valence-electron chi connectivity index (χ2n) is 5.21. The molecule has 1 saturated heterocycles. The van der Waals surface area contributed by atoms with E-state index in [9.17, 15) is 0 Å². The minimum Gasteiger partial charge on any atom is -0.381 e. The van der Waals surface area contributed by atoms with Crippen molar-refractivity contribution >= 4 is 0 Å². The summed E-state index contributed by atoms with van der Waals surface area (Å²) in [4.78, 5) is 0. The van der Waals surface area contributed by atoms with Crippen LogP contribution in [0.1, 0.15) is 54.0 Å². The number of rotatable bonds is 3. The van der Waals surface area contributed by atoms with E-state index in [1.165, 1.54) is 12.8 Å². The van der Waals surface area contributed by atoms with Gasteiger partial charge in [-0.15, -0.1) is 10.2 Å². The highest BCUT2D eigenvalue weighted by molar-refractivity contribution is 4.71. The van der Waals surface area contributed by atoms with Gasteiger partial charge in [0.1, 0.15) is 12.7 Å². The van der Waals surface area contributed by atoms with E-state index in [0.717, 1.165) is 13.2 Å². The van der Waals surface area contributed by atoms with Crippen LogP contribution in [0, 0.1) is 0 Å². The zero-order chi connectivity index (χ0) is 13.4. The van der Waals surface area contributed by atoms with E-state index in [1.54, 1.807) is 12.7 Å². The van der Waals surface area contributed by atoms with Crippen LogP contribution in [-0.4, -0.2) is 40.1 Å². The fraction of sp³-hybridized carbons (Fsp3) is 0.857. The van der Waals surface area contributed by atoms with Crippen molar-refractivity contribution in [1.82, 2.24) is 20.1 Å². The Morgan fingerprint density at radius 1 is 1.11 bits per heavy atom. The third kappa shape index (κ3) is 7.95. The number of ether oxygens (including phenoxy) is 1. The summed E-state index contributed by atoms with van der Waals surface area (Å²) in [5.74, 6) is 0. The number of nitrogens with zero attached hydrogens (tertiary/aromatic N) is 3. The van der Waals surface area contributed by atoms with Crippen LogP contribution in [0.25, 0.3) is 0 Å². The molecule has 0 aliphatic carbocycles. The topological polar surface area (TPSA) is 52.0 Å². The summed E-state index contributed by atoms with van der Waals surface area (Å²) in [6.45, 7) is 10.4. The summed E-state index contributed by atoms with van der Waals surface area (Å²) in [5.41, 5.74) is 0. The van der Waals surface area contributed by atoms with Gasteiger partial charge in [0.15, 0.2) is 0 Å². The molecule has 1 aromatic heterocycles. The van der Waals surface area contributed by atoms with Gasteiger partial charge in [-0.25, -0.2) is 0 Å². The fourth-order valence-corrected chi connectivity index (χ4v) is 1.81. The molecule has 0 aromatic carbocycles. The first-order valence-corrected chi connectivity index (χ1v) is 6.77. The standard InChI is InChI=1S/C8H17NO.C5H9N3.CH4/c1-7(2)9-8-3-5-10-6-4-8;1-5(2)8-3-6-7-4-8;/h7-9H,3-6H2,1-2H3;3-5H,1-2H3;1H4. The molecule has 0 saturated carbocycles. The van der Waals surface area contributed by atoms with Crippen molar-refractivity contribution in [3.05, 3.63) is 12.7 Å². The van der Waals surface area contributed by atoms with Gasteiger partial charge in [0, 0.05) is 31.3 Å². The Hall–Kier alpha value is -0.940. The lowest BCUT2D eigenvalue weighted by molar-refractivity contribution is 0.0760. The summed E-state index contributed by atoms with van der Waals surface area (Å²) in [6, 6.07) is 1.79. The third-order valence-electron chi connectivity index (χ3n) is 2.82. The van der Waals surface area contributed by atoms with Crippen molar-refractivity contribution < 1.29 is 4.74 Å². The van der Waals surface area contributed by atoms with Crippen LogP contribution in [0.2, 0.25) is 0 Å². The third-order valence-corrected chi connectivity index (χ3v) is 2.82. The smallest absolute Gasteiger partial charge is 0.119 e. The Morgan fingerprint density at radius 3 is 2.00 bits per heavy atom. The van der Waals surface area contributed by atoms with Gasteiger partial charge in [0.25, 0.3) is 0 Å². The van der Waals surface area contributed by atoms with Crippen LogP contribution in [0.4, 0.5) is 0 Å². The first-order valence-electron chi connectivity index (χ1n) is 6.77. The van der Waals surface area contributed by atoms with Gasteiger partial charge in [0.2, 0.25) is 0 Å². The number of nitrogens with one attached hydrogen (secondary N) is 1. The quantitative estimate of drug-likeness (QED) is 0.917. The second-order valence-corrected chi connectivity index (χ2v) is 5.21. The molecule has 5 heteroatoms. The van der Waals surface area contributed by atoms with Crippen molar-refractivity contribution in [3.8, 4) is 0 Å². The van der Waals surface area contributed by atoms with Gasteiger partial charge in [-0.3, -0.25) is 0 Å². The summed E-state index contributed by atoms with van der Waals surface area (Å²) >= 11 is 0. The molecule has 0 atom stereocenters. The Labute approximate surface area is 117 Å². The van der Waals surface area contributed by atoms with E-state index in [1.807, 2.05) is 4.57 Å². The first kappa shape index (κ1) is 18.1. The average Bonchev–Trinajstić information content (AvgIpc) is 2.84.